The molecule has 0 atom stereocenters. The number of carbonyl (C=O) groups excluding carboxylic acids is 1. The highest BCUT2D eigenvalue weighted by Gasteiger charge is 2.30. The van der Waals surface area contributed by atoms with Crippen LogP contribution in [0.4, 0.5) is 13.2 Å². The van der Waals surface area contributed by atoms with Gasteiger partial charge in [-0.2, -0.15) is 13.2 Å². The predicted molar refractivity (Wildman–Crippen MR) is 101 cm³/mol. The van der Waals surface area contributed by atoms with E-state index in [4.69, 9.17) is 15.9 Å². The lowest BCUT2D eigenvalue weighted by atomic mass is 10.1. The lowest BCUT2D eigenvalue weighted by molar-refractivity contribution is -0.137. The molecule has 0 fully saturated rings. The molecule has 0 bridgehead atoms. The number of hydrogen-bond donors (Lipinski definition) is 2. The first-order chi connectivity index (χ1) is 13.2. The molecule has 0 saturated heterocycles. The number of nitrogens with one attached hydrogen (secondary N) is 1. The molecule has 0 unspecified atom stereocenters. The molecule has 0 aliphatic rings. The Hall–Kier alpha value is -3.61. The van der Waals surface area contributed by atoms with Crippen LogP contribution in [0.2, 0.25) is 0 Å². The van der Waals surface area contributed by atoms with Gasteiger partial charge in [-0.1, -0.05) is 30.3 Å². The van der Waals surface area contributed by atoms with Crippen molar-refractivity contribution in [1.29, 1.82) is 5.41 Å². The smallest absolute Gasteiger partial charge is 0.416 e. The summed E-state index contributed by atoms with van der Waals surface area (Å²) in [6.07, 6.45) is -2.12. The van der Waals surface area contributed by atoms with E-state index < -0.39 is 17.7 Å². The fourth-order valence-corrected chi connectivity index (χ4v) is 2.59. The number of alkyl halides is 3. The molecule has 0 aromatic heterocycles. The molecule has 0 aliphatic heterocycles. The molecule has 28 heavy (non-hydrogen) atoms. The highest BCUT2D eigenvalue weighted by Crippen LogP contribution is 2.29. The van der Waals surface area contributed by atoms with Crippen molar-refractivity contribution >= 4 is 28.7 Å². The number of nitrogens with two attached hydrogens (primary N) is 1. The molecular formula is C21H15F3N2O2. The number of hydrogen-bond acceptors (Lipinski definition) is 3. The van der Waals surface area contributed by atoms with Crippen molar-refractivity contribution in [1.82, 2.24) is 0 Å². The number of nitrogen functional groups attached to an aromatic ring is 1. The van der Waals surface area contributed by atoms with E-state index >= 15 is 0 Å². The first-order valence-electron chi connectivity index (χ1n) is 8.18. The number of esters is 1. The maximum absolute atomic E-state index is 12.7. The van der Waals surface area contributed by atoms with Gasteiger partial charge >= 0.3 is 12.1 Å². The van der Waals surface area contributed by atoms with Gasteiger partial charge in [-0.05, 0) is 52.7 Å². The monoisotopic (exact) mass is 384 g/mol. The van der Waals surface area contributed by atoms with Crippen LogP contribution in [-0.4, -0.2) is 11.8 Å². The van der Waals surface area contributed by atoms with Gasteiger partial charge in [0, 0.05) is 11.6 Å². The maximum Gasteiger partial charge on any atom is 0.416 e. The quantitative estimate of drug-likeness (QED) is 0.224. The van der Waals surface area contributed by atoms with Crippen molar-refractivity contribution in [2.24, 2.45) is 5.73 Å². The molecule has 3 aromatic rings. The molecule has 3 N–H and O–H groups in total. The summed E-state index contributed by atoms with van der Waals surface area (Å²) in [4.78, 5) is 12.0. The summed E-state index contributed by atoms with van der Waals surface area (Å²) in [6, 6.07) is 14.8. The van der Waals surface area contributed by atoms with E-state index in [-0.39, 0.29) is 11.4 Å². The predicted octanol–water partition coefficient (Wildman–Crippen LogP) is 4.76. The van der Waals surface area contributed by atoms with Gasteiger partial charge in [0.15, 0.2) is 0 Å². The second kappa shape index (κ2) is 7.56. The Bertz CT molecular complexity index is 1090. The molecule has 0 amide bonds. The molecule has 3 aromatic carbocycles. The van der Waals surface area contributed by atoms with Gasteiger partial charge < -0.3 is 10.5 Å². The Labute approximate surface area is 158 Å². The maximum atomic E-state index is 12.7. The summed E-state index contributed by atoms with van der Waals surface area (Å²) in [5.74, 6) is -0.462. The summed E-state index contributed by atoms with van der Waals surface area (Å²) < 4.78 is 43.4. The van der Waals surface area contributed by atoms with E-state index in [1.165, 1.54) is 18.2 Å². The first-order valence-corrected chi connectivity index (χ1v) is 8.18. The Balaban J connectivity index is 1.73. The van der Waals surface area contributed by atoms with Crippen LogP contribution < -0.4 is 10.5 Å². The van der Waals surface area contributed by atoms with Crippen molar-refractivity contribution in [3.63, 3.8) is 0 Å². The number of benzene rings is 3. The van der Waals surface area contributed by atoms with E-state index in [0.717, 1.165) is 29.0 Å². The third kappa shape index (κ3) is 4.56. The summed E-state index contributed by atoms with van der Waals surface area (Å²) >= 11 is 0. The highest BCUT2D eigenvalue weighted by molar-refractivity contribution is 5.99. The first kappa shape index (κ1) is 19.2. The average molecular weight is 384 g/mol. The Kier molecular flexibility index (Phi) is 5.17. The van der Waals surface area contributed by atoms with Crippen molar-refractivity contribution in [2.75, 3.05) is 0 Å². The number of ether oxygens (including phenoxy) is 1. The van der Waals surface area contributed by atoms with Crippen molar-refractivity contribution in [2.45, 2.75) is 6.18 Å². The van der Waals surface area contributed by atoms with E-state index in [1.807, 2.05) is 0 Å². The van der Waals surface area contributed by atoms with Crippen LogP contribution in [0.1, 0.15) is 16.7 Å². The second-order valence-corrected chi connectivity index (χ2v) is 6.02. The van der Waals surface area contributed by atoms with E-state index in [1.54, 1.807) is 36.4 Å². The van der Waals surface area contributed by atoms with Crippen molar-refractivity contribution in [3.8, 4) is 5.75 Å². The minimum absolute atomic E-state index is 0.0443. The molecule has 7 heteroatoms. The molecule has 142 valence electrons. The Morgan fingerprint density at radius 3 is 2.43 bits per heavy atom. The number of amidine groups is 1. The van der Waals surface area contributed by atoms with Crippen LogP contribution in [0.25, 0.3) is 16.8 Å². The SMILES string of the molecule is N=C(N)c1ccc2cc(OC(=O)C=Cc3cccc(C(F)(F)F)c3)ccc2c1. The number of carbonyl (C=O) groups is 1. The number of rotatable bonds is 4. The van der Waals surface area contributed by atoms with Crippen LogP contribution in [0.15, 0.2) is 66.7 Å². The summed E-state index contributed by atoms with van der Waals surface area (Å²) in [7, 11) is 0. The fraction of sp³-hybridized carbons (Fsp3) is 0.0476. The molecule has 0 saturated carbocycles. The van der Waals surface area contributed by atoms with Gasteiger partial charge in [0.25, 0.3) is 0 Å². The third-order valence-corrected chi connectivity index (χ3v) is 3.97. The van der Waals surface area contributed by atoms with Gasteiger partial charge in [0.1, 0.15) is 11.6 Å². The van der Waals surface area contributed by atoms with Gasteiger partial charge in [-0.25, -0.2) is 4.79 Å². The Morgan fingerprint density at radius 1 is 1.00 bits per heavy atom. The minimum atomic E-state index is -4.45. The van der Waals surface area contributed by atoms with Crippen LogP contribution in [-0.2, 0) is 11.0 Å². The molecule has 0 heterocycles. The van der Waals surface area contributed by atoms with Gasteiger partial charge in [0.05, 0.1) is 5.56 Å². The molecule has 0 aliphatic carbocycles. The lowest BCUT2D eigenvalue weighted by Crippen LogP contribution is -2.10. The fourth-order valence-electron chi connectivity index (χ4n) is 2.59. The van der Waals surface area contributed by atoms with Crippen LogP contribution in [0, 0.1) is 5.41 Å². The molecule has 4 nitrogen and oxygen atoms in total. The average Bonchev–Trinajstić information content (AvgIpc) is 2.65. The second-order valence-electron chi connectivity index (χ2n) is 6.02. The van der Waals surface area contributed by atoms with Gasteiger partial charge in [-0.3, -0.25) is 5.41 Å². The normalized spacial score (nSPS) is 11.7. The zero-order valence-corrected chi connectivity index (χ0v) is 14.5. The van der Waals surface area contributed by atoms with Crippen LogP contribution in [0.5, 0.6) is 5.75 Å². The molecule has 0 spiro atoms. The zero-order chi connectivity index (χ0) is 20.3. The zero-order valence-electron chi connectivity index (χ0n) is 14.5. The molecule has 0 radical (unpaired) electrons. The van der Waals surface area contributed by atoms with E-state index in [2.05, 4.69) is 0 Å². The summed E-state index contributed by atoms with van der Waals surface area (Å²) in [5, 5.41) is 9.06. The summed E-state index contributed by atoms with van der Waals surface area (Å²) in [6.45, 7) is 0. The third-order valence-electron chi connectivity index (χ3n) is 3.97. The van der Waals surface area contributed by atoms with E-state index in [9.17, 15) is 18.0 Å². The van der Waals surface area contributed by atoms with E-state index in [0.29, 0.717) is 11.3 Å². The number of halogens is 3. The largest absolute Gasteiger partial charge is 0.423 e. The highest BCUT2D eigenvalue weighted by atomic mass is 19.4. The topological polar surface area (TPSA) is 76.2 Å². The van der Waals surface area contributed by atoms with Crippen LogP contribution >= 0.6 is 0 Å². The van der Waals surface area contributed by atoms with Crippen molar-refractivity contribution in [3.05, 3.63) is 83.4 Å². The lowest BCUT2D eigenvalue weighted by Gasteiger charge is -2.07. The van der Waals surface area contributed by atoms with Crippen molar-refractivity contribution < 1.29 is 22.7 Å². The molecular weight excluding hydrogens is 369 g/mol. The van der Waals surface area contributed by atoms with Crippen LogP contribution in [0.3, 0.4) is 0 Å². The minimum Gasteiger partial charge on any atom is -0.423 e. The Morgan fingerprint density at radius 2 is 1.71 bits per heavy atom. The van der Waals surface area contributed by atoms with Gasteiger partial charge in [0.2, 0.25) is 0 Å². The summed E-state index contributed by atoms with van der Waals surface area (Å²) in [5.41, 5.74) is 5.49. The standard InChI is InChI=1S/C21H15F3N2O2/c22-21(23,24)17-3-1-2-13(10-17)4-9-19(27)28-18-8-7-14-11-16(20(25)26)6-5-15(14)12-18/h1-12H,(H3,25,26). The van der Waals surface area contributed by atoms with Gasteiger partial charge in [-0.15, -0.1) is 0 Å². The molecule has 3 rings (SSSR count). The number of fused-ring (bicyclic) bond motifs is 1.